The number of nitriles is 1. The first-order chi connectivity index (χ1) is 6.22. The van der Waals surface area contributed by atoms with Gasteiger partial charge in [0, 0.05) is 10.7 Å². The van der Waals surface area contributed by atoms with Crippen molar-refractivity contribution in [1.82, 2.24) is 0 Å². The second-order valence-electron chi connectivity index (χ2n) is 2.56. The van der Waals surface area contributed by atoms with Crippen molar-refractivity contribution in [3.8, 4) is 6.07 Å². The molecule has 0 heterocycles. The van der Waals surface area contributed by atoms with Gasteiger partial charge in [0.2, 0.25) is 0 Å². The Morgan fingerprint density at radius 3 is 2.54 bits per heavy atom. The lowest BCUT2D eigenvalue weighted by atomic mass is 10.2. The highest BCUT2D eigenvalue weighted by molar-refractivity contribution is 6.29. The summed E-state index contributed by atoms with van der Waals surface area (Å²) in [5.74, 6) is 0. The van der Waals surface area contributed by atoms with E-state index in [1.54, 1.807) is 12.1 Å². The molecule has 1 aromatic rings. The van der Waals surface area contributed by atoms with Crippen LogP contribution in [0.4, 0.5) is 5.69 Å². The van der Waals surface area contributed by atoms with Gasteiger partial charge in [-0.05, 0) is 24.3 Å². The van der Waals surface area contributed by atoms with Crippen LogP contribution in [-0.4, -0.2) is 6.54 Å². The summed E-state index contributed by atoms with van der Waals surface area (Å²) in [5.41, 5.74) is 1.58. The van der Waals surface area contributed by atoms with Crippen LogP contribution < -0.4 is 5.32 Å². The highest BCUT2D eigenvalue weighted by atomic mass is 35.5. The van der Waals surface area contributed by atoms with E-state index >= 15 is 0 Å². The van der Waals surface area contributed by atoms with Crippen LogP contribution in [0.1, 0.15) is 5.56 Å². The molecule has 0 saturated heterocycles. The van der Waals surface area contributed by atoms with E-state index in [9.17, 15) is 0 Å². The molecule has 2 nitrogen and oxygen atoms in total. The summed E-state index contributed by atoms with van der Waals surface area (Å²) >= 11 is 5.58. The van der Waals surface area contributed by atoms with Crippen molar-refractivity contribution in [3.63, 3.8) is 0 Å². The van der Waals surface area contributed by atoms with Gasteiger partial charge >= 0.3 is 0 Å². The lowest BCUT2D eigenvalue weighted by Gasteiger charge is -2.03. The molecule has 1 aromatic carbocycles. The van der Waals surface area contributed by atoms with Crippen molar-refractivity contribution in [3.05, 3.63) is 41.4 Å². The smallest absolute Gasteiger partial charge is 0.0991 e. The second-order valence-corrected chi connectivity index (χ2v) is 3.09. The fourth-order valence-electron chi connectivity index (χ4n) is 0.861. The Bertz CT molecular complexity index is 335. The Hall–Kier alpha value is -1.46. The predicted molar refractivity (Wildman–Crippen MR) is 54.6 cm³/mol. The fourth-order valence-corrected chi connectivity index (χ4v) is 0.927. The van der Waals surface area contributed by atoms with Gasteiger partial charge in [-0.2, -0.15) is 5.26 Å². The van der Waals surface area contributed by atoms with Crippen molar-refractivity contribution in [2.24, 2.45) is 0 Å². The van der Waals surface area contributed by atoms with Crippen LogP contribution in [0.5, 0.6) is 0 Å². The lowest BCUT2D eigenvalue weighted by Crippen LogP contribution is -2.00. The van der Waals surface area contributed by atoms with Crippen molar-refractivity contribution in [2.45, 2.75) is 0 Å². The van der Waals surface area contributed by atoms with Gasteiger partial charge in [-0.25, -0.2) is 0 Å². The minimum atomic E-state index is 0.535. The van der Waals surface area contributed by atoms with Crippen LogP contribution in [0, 0.1) is 11.3 Å². The highest BCUT2D eigenvalue weighted by Gasteiger charge is 1.92. The van der Waals surface area contributed by atoms with Crippen LogP contribution in [0.3, 0.4) is 0 Å². The molecule has 13 heavy (non-hydrogen) atoms. The number of halogens is 1. The number of hydrogen-bond acceptors (Lipinski definition) is 2. The molecule has 3 heteroatoms. The molecule has 0 saturated carbocycles. The van der Waals surface area contributed by atoms with Gasteiger partial charge in [0.25, 0.3) is 0 Å². The molecule has 0 unspecified atom stereocenters. The van der Waals surface area contributed by atoms with Gasteiger partial charge in [0.05, 0.1) is 18.2 Å². The van der Waals surface area contributed by atoms with Gasteiger partial charge in [-0.3, -0.25) is 0 Å². The van der Waals surface area contributed by atoms with Crippen LogP contribution in [0.15, 0.2) is 35.9 Å². The van der Waals surface area contributed by atoms with Gasteiger partial charge in [-0.1, -0.05) is 18.2 Å². The van der Waals surface area contributed by atoms with Crippen LogP contribution in [0.2, 0.25) is 0 Å². The highest BCUT2D eigenvalue weighted by Crippen LogP contribution is 2.09. The third kappa shape index (κ3) is 3.18. The summed E-state index contributed by atoms with van der Waals surface area (Å²) in [6.45, 7) is 4.09. The molecule has 0 spiro atoms. The Labute approximate surface area is 82.4 Å². The molecule has 0 bridgehead atoms. The van der Waals surface area contributed by atoms with E-state index in [-0.39, 0.29) is 0 Å². The van der Waals surface area contributed by atoms with E-state index in [0.717, 1.165) is 5.69 Å². The topological polar surface area (TPSA) is 35.8 Å². The maximum absolute atomic E-state index is 8.54. The Morgan fingerprint density at radius 1 is 1.46 bits per heavy atom. The Balaban J connectivity index is 2.60. The lowest BCUT2D eigenvalue weighted by molar-refractivity contribution is 1.31. The average molecular weight is 193 g/mol. The van der Waals surface area contributed by atoms with Crippen molar-refractivity contribution in [1.29, 1.82) is 5.26 Å². The van der Waals surface area contributed by atoms with Gasteiger partial charge in [0.1, 0.15) is 0 Å². The van der Waals surface area contributed by atoms with E-state index in [0.29, 0.717) is 17.1 Å². The van der Waals surface area contributed by atoms with Crippen LogP contribution >= 0.6 is 11.6 Å². The van der Waals surface area contributed by atoms with E-state index in [1.807, 2.05) is 18.2 Å². The summed E-state index contributed by atoms with van der Waals surface area (Å²) < 4.78 is 0. The van der Waals surface area contributed by atoms with Crippen molar-refractivity contribution >= 4 is 17.3 Å². The molecule has 66 valence electrons. The normalized spacial score (nSPS) is 8.92. The zero-order chi connectivity index (χ0) is 9.68. The van der Waals surface area contributed by atoms with Gasteiger partial charge in [-0.15, -0.1) is 0 Å². The molecule has 0 aliphatic heterocycles. The Kier molecular flexibility index (Phi) is 3.36. The maximum atomic E-state index is 8.54. The van der Waals surface area contributed by atoms with E-state index in [4.69, 9.17) is 16.9 Å². The Morgan fingerprint density at radius 2 is 2.08 bits per heavy atom. The minimum Gasteiger partial charge on any atom is -0.380 e. The second kappa shape index (κ2) is 4.54. The first kappa shape index (κ1) is 9.63. The molecule has 1 N–H and O–H groups in total. The first-order valence-corrected chi connectivity index (χ1v) is 4.17. The van der Waals surface area contributed by atoms with E-state index in [2.05, 4.69) is 11.9 Å². The molecule has 0 aliphatic carbocycles. The molecule has 0 radical (unpaired) electrons. The van der Waals surface area contributed by atoms with Gasteiger partial charge in [0.15, 0.2) is 0 Å². The quantitative estimate of drug-likeness (QED) is 0.800. The SMILES string of the molecule is C=C(Cl)CNc1ccc(C#N)cc1. The molecule has 0 amide bonds. The summed E-state index contributed by atoms with van der Waals surface area (Å²) in [6.07, 6.45) is 0. The third-order valence-electron chi connectivity index (χ3n) is 1.50. The summed E-state index contributed by atoms with van der Waals surface area (Å²) in [5, 5.41) is 12.2. The summed E-state index contributed by atoms with van der Waals surface area (Å²) in [6, 6.07) is 9.21. The van der Waals surface area contributed by atoms with E-state index < -0.39 is 0 Å². The molecule has 0 aromatic heterocycles. The monoisotopic (exact) mass is 192 g/mol. The van der Waals surface area contributed by atoms with Crippen LogP contribution in [0.25, 0.3) is 0 Å². The largest absolute Gasteiger partial charge is 0.380 e. The van der Waals surface area contributed by atoms with Crippen molar-refractivity contribution < 1.29 is 0 Å². The zero-order valence-corrected chi connectivity index (χ0v) is 7.80. The summed E-state index contributed by atoms with van der Waals surface area (Å²) in [4.78, 5) is 0. The zero-order valence-electron chi connectivity index (χ0n) is 7.05. The first-order valence-electron chi connectivity index (χ1n) is 3.79. The number of benzene rings is 1. The van der Waals surface area contributed by atoms with Crippen LogP contribution in [-0.2, 0) is 0 Å². The predicted octanol–water partition coefficient (Wildman–Crippen LogP) is 2.72. The third-order valence-corrected chi connectivity index (χ3v) is 1.63. The number of hydrogen-bond donors (Lipinski definition) is 1. The molecular weight excluding hydrogens is 184 g/mol. The molecule has 0 atom stereocenters. The fraction of sp³-hybridized carbons (Fsp3) is 0.100. The molecular formula is C10H9ClN2. The molecule has 0 aliphatic rings. The van der Waals surface area contributed by atoms with Gasteiger partial charge < -0.3 is 5.32 Å². The number of anilines is 1. The number of rotatable bonds is 3. The number of nitrogens with one attached hydrogen (secondary N) is 1. The minimum absolute atomic E-state index is 0.535. The standard InChI is InChI=1S/C10H9ClN2/c1-8(11)7-13-10-4-2-9(6-12)3-5-10/h2-5,13H,1,7H2. The average Bonchev–Trinajstić information content (AvgIpc) is 2.15. The molecule has 1 rings (SSSR count). The van der Waals surface area contributed by atoms with E-state index in [1.165, 1.54) is 0 Å². The van der Waals surface area contributed by atoms with Crippen molar-refractivity contribution in [2.75, 3.05) is 11.9 Å². The maximum Gasteiger partial charge on any atom is 0.0991 e. The molecule has 0 fully saturated rings. The number of nitrogens with zero attached hydrogens (tertiary/aromatic N) is 1. The summed E-state index contributed by atoms with van der Waals surface area (Å²) in [7, 11) is 0.